The molecule has 0 N–H and O–H groups in total. The van der Waals surface area contributed by atoms with Crippen molar-refractivity contribution >= 4 is 382 Å². The summed E-state index contributed by atoms with van der Waals surface area (Å²) in [4.78, 5) is 0. The van der Waals surface area contributed by atoms with Crippen molar-refractivity contribution in [1.82, 2.24) is 0 Å². The molecule has 24 heteroatoms. The van der Waals surface area contributed by atoms with E-state index in [9.17, 15) is 0 Å². The molecular formula is C14H6Br24. The molecule has 0 bridgehead atoms. The van der Waals surface area contributed by atoms with Gasteiger partial charge in [0.15, 0.2) is 4.29 Å². The molecule has 0 aromatic rings. The standard InChI is InChI=1S/C14H6Br24/c1-3(15,13(33,34)35)5(17,18)7(21,22)9(25,26)11(29,30)12(31,32)10(27,28)8(23,24)6(19,20)4(2,16)14(36,37)38/h1-2H3. The Balaban J connectivity index is 7.29. The topological polar surface area (TPSA) is 0 Å². The molecule has 0 saturated carbocycles. The third-order valence-electron chi connectivity index (χ3n) is 5.00. The Kier molecular flexibility index (Phi) is 20.5. The monoisotopic (exact) mass is 2070 g/mol. The molecule has 0 rings (SSSR count). The lowest BCUT2D eigenvalue weighted by molar-refractivity contribution is 0.510. The highest BCUT2D eigenvalue weighted by Crippen LogP contribution is 2.80. The van der Waals surface area contributed by atoms with Crippen molar-refractivity contribution in [1.29, 1.82) is 0 Å². The molecule has 0 aromatic carbocycles. The summed E-state index contributed by atoms with van der Waals surface area (Å²) in [6.07, 6.45) is 0. The maximum atomic E-state index is 3.96. The summed E-state index contributed by atoms with van der Waals surface area (Å²) in [6, 6.07) is 0. The average molecular weight is 2090 g/mol. The van der Waals surface area contributed by atoms with Gasteiger partial charge in [-0.2, -0.15) is 0 Å². The summed E-state index contributed by atoms with van der Waals surface area (Å²) in [7, 11) is 0. The number of halogens is 24. The van der Waals surface area contributed by atoms with Crippen LogP contribution in [0.5, 0.6) is 0 Å². The molecule has 0 fully saturated rings. The highest BCUT2D eigenvalue weighted by Gasteiger charge is 2.80. The molecule has 0 aliphatic heterocycles. The molecule has 0 aliphatic rings. The van der Waals surface area contributed by atoms with Crippen LogP contribution in [0.4, 0.5) is 0 Å². The Morgan fingerprint density at radius 3 is 0.421 bits per heavy atom. The van der Waals surface area contributed by atoms with Gasteiger partial charge in [-0.25, -0.2) is 0 Å². The van der Waals surface area contributed by atoms with Gasteiger partial charge in [0.05, 0.1) is 8.65 Å². The van der Waals surface area contributed by atoms with Crippen LogP contribution in [-0.2, 0) is 0 Å². The van der Waals surface area contributed by atoms with Crippen LogP contribution >= 0.6 is 382 Å². The van der Waals surface area contributed by atoms with E-state index in [2.05, 4.69) is 382 Å². The van der Waals surface area contributed by atoms with Gasteiger partial charge in [0.2, 0.25) is 0 Å². The van der Waals surface area contributed by atoms with E-state index in [1.807, 2.05) is 13.8 Å². The summed E-state index contributed by atoms with van der Waals surface area (Å²) in [5, 5.41) is 0. The van der Waals surface area contributed by atoms with Gasteiger partial charge in [-0.05, 0) is 13.8 Å². The van der Waals surface area contributed by atoms with E-state index >= 15 is 0 Å². The minimum atomic E-state index is -1.14. The number of rotatable bonds is 9. The molecule has 38 heavy (non-hydrogen) atoms. The Labute approximate surface area is 424 Å². The Bertz CT molecular complexity index is 794. The number of hydrogen-bond donors (Lipinski definition) is 0. The van der Waals surface area contributed by atoms with Crippen LogP contribution in [0.1, 0.15) is 13.8 Å². The number of hydrogen-bond acceptors (Lipinski definition) is 0. The molecule has 230 valence electrons. The van der Waals surface area contributed by atoms with Crippen LogP contribution in [-0.4, -0.2) is 38.8 Å². The molecule has 0 saturated heterocycles. The van der Waals surface area contributed by atoms with Crippen molar-refractivity contribution in [3.8, 4) is 0 Å². The van der Waals surface area contributed by atoms with Crippen molar-refractivity contribution in [3.63, 3.8) is 0 Å². The SMILES string of the molecule is CC(Br)(C(Br)(Br)Br)C(Br)(Br)C(Br)(Br)C(Br)(Br)C(Br)(Br)C(Br)(Br)C(Br)(Br)C(Br)(Br)C(Br)(Br)C(C)(Br)C(Br)(Br)Br. The molecule has 0 aliphatic carbocycles. The van der Waals surface area contributed by atoms with Crippen LogP contribution < -0.4 is 0 Å². The summed E-state index contributed by atoms with van der Waals surface area (Å²) in [5.74, 6) is 0. The first-order valence-corrected chi connectivity index (χ1v) is 27.3. The smallest absolute Gasteiger partial charge is 0.0796 e. The molecule has 0 nitrogen and oxygen atoms in total. The maximum Gasteiger partial charge on any atom is 0.152 e. The zero-order valence-electron chi connectivity index (χ0n) is 17.1. The fourth-order valence-electron chi connectivity index (χ4n) is 2.13. The van der Waals surface area contributed by atoms with Crippen molar-refractivity contribution in [2.45, 2.75) is 52.6 Å². The second-order valence-electron chi connectivity index (χ2n) is 7.60. The van der Waals surface area contributed by atoms with Gasteiger partial charge in [0, 0.05) is 0 Å². The van der Waals surface area contributed by atoms with Crippen LogP contribution in [0.15, 0.2) is 0 Å². The van der Waals surface area contributed by atoms with Crippen LogP contribution in [0, 0.1) is 0 Å². The summed E-state index contributed by atoms with van der Waals surface area (Å²) >= 11 is 92.6. The van der Waals surface area contributed by atoms with Crippen LogP contribution in [0.3, 0.4) is 0 Å². The maximum absolute atomic E-state index is 3.96. The van der Waals surface area contributed by atoms with E-state index in [1.54, 1.807) is 0 Å². The molecule has 2 unspecified atom stereocenters. The van der Waals surface area contributed by atoms with E-state index in [0.717, 1.165) is 0 Å². The molecule has 0 aromatic heterocycles. The second kappa shape index (κ2) is 15.7. The van der Waals surface area contributed by atoms with Gasteiger partial charge >= 0.3 is 0 Å². The van der Waals surface area contributed by atoms with Gasteiger partial charge in [-0.3, -0.25) is 0 Å². The Morgan fingerprint density at radius 1 is 0.211 bits per heavy atom. The predicted molar refractivity (Wildman–Crippen MR) is 258 cm³/mol. The molecule has 0 radical (unpaired) electrons. The first-order valence-electron chi connectivity index (χ1n) is 8.29. The van der Waals surface area contributed by atoms with Gasteiger partial charge in [-0.15, -0.1) is 0 Å². The minimum absolute atomic E-state index is 0.758. The highest BCUT2D eigenvalue weighted by molar-refractivity contribution is 9.41. The van der Waals surface area contributed by atoms with Crippen LogP contribution in [0.2, 0.25) is 0 Å². The summed E-state index contributed by atoms with van der Waals surface area (Å²) in [5.41, 5.74) is 0. The van der Waals surface area contributed by atoms with Crippen molar-refractivity contribution in [2.24, 2.45) is 0 Å². The predicted octanol–water partition coefficient (Wildman–Crippen LogP) is 18.9. The first-order chi connectivity index (χ1) is 15.8. The fourth-order valence-corrected chi connectivity index (χ4v) is 25.1. The zero-order chi connectivity index (χ0) is 32.0. The second-order valence-corrected chi connectivity index (χ2v) is 51.8. The largest absolute Gasteiger partial charge is 0.152 e. The lowest BCUT2D eigenvalue weighted by Crippen LogP contribution is -2.72. The van der Waals surface area contributed by atoms with Gasteiger partial charge < -0.3 is 0 Å². The number of alkyl halides is 24. The Morgan fingerprint density at radius 2 is 0.316 bits per heavy atom. The third-order valence-corrected chi connectivity index (χ3v) is 52.2. The van der Waals surface area contributed by atoms with Crippen molar-refractivity contribution in [2.75, 3.05) is 0 Å². The highest BCUT2D eigenvalue weighted by atomic mass is 80.0. The Hall–Kier alpha value is 11.5. The van der Waals surface area contributed by atoms with Crippen molar-refractivity contribution < 1.29 is 0 Å². The quantitative estimate of drug-likeness (QED) is 0.202. The van der Waals surface area contributed by atoms with Crippen molar-refractivity contribution in [3.05, 3.63) is 0 Å². The summed E-state index contributed by atoms with van der Waals surface area (Å²) < 4.78 is -11.6. The molecular weight excluding hydrogens is 2090 g/mol. The molecule has 0 amide bonds. The summed E-state index contributed by atoms with van der Waals surface area (Å²) in [6.45, 7) is 3.94. The molecule has 2 atom stereocenters. The van der Waals surface area contributed by atoms with Gasteiger partial charge in [0.1, 0.15) is 25.9 Å². The minimum Gasteiger partial charge on any atom is -0.0796 e. The zero-order valence-corrected chi connectivity index (χ0v) is 55.1. The molecule has 0 heterocycles. The normalized spacial score (nSPS) is 19.7. The van der Waals surface area contributed by atoms with Gasteiger partial charge in [-0.1, -0.05) is 382 Å². The first kappa shape index (κ1) is 49.5. The van der Waals surface area contributed by atoms with E-state index in [0.29, 0.717) is 0 Å². The van der Waals surface area contributed by atoms with Gasteiger partial charge in [0.25, 0.3) is 0 Å². The average Bonchev–Trinajstić information content (AvgIpc) is 2.64. The fraction of sp³-hybridized carbons (Fsp3) is 1.00. The molecule has 0 spiro atoms. The van der Waals surface area contributed by atoms with E-state index in [1.165, 1.54) is 0 Å². The lowest BCUT2D eigenvalue weighted by atomic mass is 9.99. The van der Waals surface area contributed by atoms with E-state index in [-0.39, 0.29) is 0 Å². The third kappa shape index (κ3) is 8.42. The van der Waals surface area contributed by atoms with E-state index < -0.39 is 38.8 Å². The van der Waals surface area contributed by atoms with Crippen LogP contribution in [0.25, 0.3) is 0 Å². The lowest BCUT2D eigenvalue weighted by Gasteiger charge is -2.61. The van der Waals surface area contributed by atoms with E-state index in [4.69, 9.17) is 0 Å².